The molecule has 2 aromatic rings. The minimum atomic E-state index is -0.589. The Hall–Kier alpha value is -2.12. The number of aliphatic hydroxyl groups is 1. The number of hydrogen-bond acceptors (Lipinski definition) is 3. The van der Waals surface area contributed by atoms with Gasteiger partial charge in [-0.05, 0) is 11.1 Å². The molecule has 3 heteroatoms. The summed E-state index contributed by atoms with van der Waals surface area (Å²) in [4.78, 5) is 0. The van der Waals surface area contributed by atoms with Gasteiger partial charge in [-0.1, -0.05) is 66.6 Å². The van der Waals surface area contributed by atoms with Crippen molar-refractivity contribution in [3.8, 4) is 12.3 Å². The highest BCUT2D eigenvalue weighted by molar-refractivity contribution is 5.15. The fourth-order valence-electron chi connectivity index (χ4n) is 2.04. The Morgan fingerprint density at radius 3 is 1.82 bits per heavy atom. The smallest absolute Gasteiger partial charge is 0.146 e. The number of rotatable bonds is 8. The van der Waals surface area contributed by atoms with Gasteiger partial charge in [0.25, 0.3) is 0 Å². The van der Waals surface area contributed by atoms with Gasteiger partial charge in [-0.2, -0.15) is 0 Å². The average Bonchev–Trinajstić information content (AvgIpc) is 2.59. The minimum absolute atomic E-state index is 0.184. The number of terminal acetylenes is 1. The normalized spacial score (nSPS) is 13.3. The molecule has 0 saturated heterocycles. The van der Waals surface area contributed by atoms with Gasteiger partial charge in [-0.15, -0.1) is 6.42 Å². The number of hydrogen-bond donors (Lipinski definition) is 1. The van der Waals surface area contributed by atoms with Gasteiger partial charge in [0.05, 0.1) is 19.8 Å². The Labute approximate surface area is 131 Å². The van der Waals surface area contributed by atoms with Crippen molar-refractivity contribution in [2.24, 2.45) is 0 Å². The quantitative estimate of drug-likeness (QED) is 0.761. The summed E-state index contributed by atoms with van der Waals surface area (Å²) < 4.78 is 11.4. The molecule has 22 heavy (non-hydrogen) atoms. The van der Waals surface area contributed by atoms with Gasteiger partial charge in [0, 0.05) is 0 Å². The summed E-state index contributed by atoms with van der Waals surface area (Å²) in [6.07, 6.45) is 4.38. The second-order valence-corrected chi connectivity index (χ2v) is 4.90. The fraction of sp³-hybridized carbons (Fsp3) is 0.263. The lowest BCUT2D eigenvalue weighted by molar-refractivity contribution is -0.0809. The van der Waals surface area contributed by atoms with Gasteiger partial charge >= 0.3 is 0 Å². The molecule has 0 heterocycles. The zero-order chi connectivity index (χ0) is 15.6. The Kier molecular flexibility index (Phi) is 6.66. The fourth-order valence-corrected chi connectivity index (χ4v) is 2.04. The van der Waals surface area contributed by atoms with Gasteiger partial charge in [0.2, 0.25) is 0 Å². The zero-order valence-electron chi connectivity index (χ0n) is 12.4. The maximum atomic E-state index is 9.50. The van der Waals surface area contributed by atoms with Gasteiger partial charge in [-0.25, -0.2) is 0 Å². The van der Waals surface area contributed by atoms with Crippen LogP contribution in [-0.4, -0.2) is 23.9 Å². The Morgan fingerprint density at radius 1 is 0.864 bits per heavy atom. The molecular formula is C19H20O3. The molecule has 0 bridgehead atoms. The van der Waals surface area contributed by atoms with Gasteiger partial charge in [0.1, 0.15) is 12.2 Å². The van der Waals surface area contributed by atoms with E-state index in [1.54, 1.807) is 0 Å². The summed E-state index contributed by atoms with van der Waals surface area (Å²) >= 11 is 0. The first-order valence-electron chi connectivity index (χ1n) is 7.21. The number of benzene rings is 2. The van der Waals surface area contributed by atoms with Crippen molar-refractivity contribution >= 4 is 0 Å². The second kappa shape index (κ2) is 9.01. The Bertz CT molecular complexity index is 575. The summed E-state index contributed by atoms with van der Waals surface area (Å²) in [6.45, 7) is 0.594. The van der Waals surface area contributed by atoms with Crippen LogP contribution in [0, 0.1) is 12.3 Å². The van der Waals surface area contributed by atoms with E-state index in [0.717, 1.165) is 11.1 Å². The third-order valence-electron chi connectivity index (χ3n) is 3.26. The van der Waals surface area contributed by atoms with Crippen molar-refractivity contribution in [2.45, 2.75) is 25.4 Å². The lowest BCUT2D eigenvalue weighted by Crippen LogP contribution is -2.33. The van der Waals surface area contributed by atoms with Crippen LogP contribution in [0.1, 0.15) is 11.1 Å². The molecule has 2 atom stereocenters. The standard InChI is InChI=1S/C19H20O3/c1-2-18(21-14-16-9-5-3-6-10-16)19(13-20)22-15-17-11-7-4-8-12-17/h1,3-12,18-20H,13-15H2/t18-,19+/m0/s1. The molecule has 0 unspecified atom stereocenters. The van der Waals surface area contributed by atoms with E-state index in [2.05, 4.69) is 5.92 Å². The summed E-state index contributed by atoms with van der Waals surface area (Å²) in [5, 5.41) is 9.50. The highest BCUT2D eigenvalue weighted by Crippen LogP contribution is 2.11. The predicted octanol–water partition coefficient (Wildman–Crippen LogP) is 2.78. The van der Waals surface area contributed by atoms with Crippen LogP contribution in [0.3, 0.4) is 0 Å². The van der Waals surface area contributed by atoms with Crippen molar-refractivity contribution < 1.29 is 14.6 Å². The second-order valence-electron chi connectivity index (χ2n) is 4.90. The molecule has 0 saturated carbocycles. The van der Waals surface area contributed by atoms with E-state index in [-0.39, 0.29) is 6.61 Å². The highest BCUT2D eigenvalue weighted by Gasteiger charge is 2.20. The van der Waals surface area contributed by atoms with Gasteiger partial charge in [-0.3, -0.25) is 0 Å². The topological polar surface area (TPSA) is 38.7 Å². The maximum absolute atomic E-state index is 9.50. The van der Waals surface area contributed by atoms with Crippen LogP contribution >= 0.6 is 0 Å². The summed E-state index contributed by atoms with van der Waals surface area (Å²) in [6, 6.07) is 19.5. The minimum Gasteiger partial charge on any atom is -0.394 e. The largest absolute Gasteiger partial charge is 0.394 e. The average molecular weight is 296 g/mol. The first-order chi connectivity index (χ1) is 10.8. The summed E-state index contributed by atoms with van der Waals surface area (Å²) in [5.74, 6) is 2.55. The molecule has 0 aliphatic heterocycles. The van der Waals surface area contributed by atoms with Crippen molar-refractivity contribution in [2.75, 3.05) is 6.61 Å². The van der Waals surface area contributed by atoms with Crippen LogP contribution in [0.25, 0.3) is 0 Å². The Balaban J connectivity index is 1.88. The van der Waals surface area contributed by atoms with Crippen LogP contribution in [0.4, 0.5) is 0 Å². The van der Waals surface area contributed by atoms with E-state index in [4.69, 9.17) is 15.9 Å². The van der Waals surface area contributed by atoms with Crippen LogP contribution < -0.4 is 0 Å². The van der Waals surface area contributed by atoms with Crippen molar-refractivity contribution in [3.05, 3.63) is 71.8 Å². The first-order valence-corrected chi connectivity index (χ1v) is 7.21. The molecule has 0 spiro atoms. The summed E-state index contributed by atoms with van der Waals surface area (Å²) in [7, 11) is 0. The molecule has 2 aromatic carbocycles. The predicted molar refractivity (Wildman–Crippen MR) is 86.0 cm³/mol. The molecule has 0 amide bonds. The van der Waals surface area contributed by atoms with Crippen molar-refractivity contribution in [3.63, 3.8) is 0 Å². The molecule has 0 aliphatic rings. The van der Waals surface area contributed by atoms with Gasteiger partial charge in [0.15, 0.2) is 0 Å². The third kappa shape index (κ3) is 5.01. The van der Waals surface area contributed by atoms with Crippen molar-refractivity contribution in [1.82, 2.24) is 0 Å². The molecule has 0 fully saturated rings. The van der Waals surface area contributed by atoms with E-state index in [9.17, 15) is 5.11 Å². The number of ether oxygens (including phenoxy) is 2. The van der Waals surface area contributed by atoms with E-state index in [1.165, 1.54) is 0 Å². The monoisotopic (exact) mass is 296 g/mol. The molecular weight excluding hydrogens is 276 g/mol. The molecule has 114 valence electrons. The summed E-state index contributed by atoms with van der Waals surface area (Å²) in [5.41, 5.74) is 2.06. The van der Waals surface area contributed by atoms with Crippen LogP contribution in [0.5, 0.6) is 0 Å². The Morgan fingerprint density at radius 2 is 1.36 bits per heavy atom. The molecule has 1 N–H and O–H groups in total. The maximum Gasteiger partial charge on any atom is 0.146 e. The first kappa shape index (κ1) is 16.3. The van der Waals surface area contributed by atoms with E-state index in [1.807, 2.05) is 60.7 Å². The zero-order valence-corrected chi connectivity index (χ0v) is 12.4. The molecule has 0 radical (unpaired) electrons. The SMILES string of the molecule is C#C[C@H](OCc1ccccc1)[C@@H](CO)OCc1ccccc1. The van der Waals surface area contributed by atoms with E-state index < -0.39 is 12.2 Å². The highest BCUT2D eigenvalue weighted by atomic mass is 16.5. The lowest BCUT2D eigenvalue weighted by Gasteiger charge is -2.22. The molecule has 3 nitrogen and oxygen atoms in total. The molecule has 0 aliphatic carbocycles. The lowest BCUT2D eigenvalue weighted by atomic mass is 10.2. The van der Waals surface area contributed by atoms with Crippen LogP contribution in [0.15, 0.2) is 60.7 Å². The van der Waals surface area contributed by atoms with Crippen LogP contribution in [-0.2, 0) is 22.7 Å². The van der Waals surface area contributed by atoms with E-state index >= 15 is 0 Å². The van der Waals surface area contributed by atoms with Crippen molar-refractivity contribution in [1.29, 1.82) is 0 Å². The third-order valence-corrected chi connectivity index (χ3v) is 3.26. The number of aliphatic hydroxyl groups excluding tert-OH is 1. The van der Waals surface area contributed by atoms with E-state index in [0.29, 0.717) is 13.2 Å². The molecule has 2 rings (SSSR count). The molecule has 0 aromatic heterocycles. The van der Waals surface area contributed by atoms with Crippen LogP contribution in [0.2, 0.25) is 0 Å². The van der Waals surface area contributed by atoms with Gasteiger partial charge < -0.3 is 14.6 Å².